The highest BCUT2D eigenvalue weighted by Crippen LogP contribution is 2.25. The zero-order chi connectivity index (χ0) is 9.38. The molecule has 5 heteroatoms. The summed E-state index contributed by atoms with van der Waals surface area (Å²) >= 11 is 1.66. The van der Waals surface area contributed by atoms with Gasteiger partial charge in [-0.05, 0) is 0 Å². The van der Waals surface area contributed by atoms with Crippen molar-refractivity contribution in [2.75, 3.05) is 11.3 Å². The first-order valence-corrected chi connectivity index (χ1v) is 5.31. The molecule has 2 heterocycles. The number of hydrogen-bond donors (Lipinski definition) is 1. The average molecular weight is 204 g/mol. The molecule has 0 atom stereocenters. The summed E-state index contributed by atoms with van der Waals surface area (Å²) in [7, 11) is 0. The molecule has 4 nitrogen and oxygen atoms in total. The highest BCUT2D eigenvalue weighted by Gasteiger charge is 2.18. The molecule has 1 aromatic heterocycles. The zero-order valence-electron chi connectivity index (χ0n) is 7.34. The maximum atomic E-state index is 4.14. The van der Waals surface area contributed by atoms with Crippen LogP contribution in [0.5, 0.6) is 0 Å². The van der Waals surface area contributed by atoms with Crippen molar-refractivity contribution in [1.82, 2.24) is 14.9 Å². The highest BCUT2D eigenvalue weighted by atomic mass is 32.2. The van der Waals surface area contributed by atoms with E-state index >= 15 is 0 Å². The summed E-state index contributed by atoms with van der Waals surface area (Å²) in [6.07, 6.45) is 0. The molecule has 0 saturated heterocycles. The van der Waals surface area contributed by atoms with E-state index in [1.807, 2.05) is 35.0 Å². The second-order valence-corrected chi connectivity index (χ2v) is 3.90. The SMILES string of the molecule is c1ccc(-c2nnc3n2NCS3)cc1. The van der Waals surface area contributed by atoms with Gasteiger partial charge < -0.3 is 5.43 Å². The number of fused-ring (bicyclic) bond motifs is 1. The summed E-state index contributed by atoms with van der Waals surface area (Å²) in [5.41, 5.74) is 4.29. The van der Waals surface area contributed by atoms with Crippen molar-refractivity contribution in [2.24, 2.45) is 0 Å². The van der Waals surface area contributed by atoms with Gasteiger partial charge in [-0.2, -0.15) is 0 Å². The van der Waals surface area contributed by atoms with Crippen LogP contribution in [0.15, 0.2) is 35.5 Å². The first-order chi connectivity index (χ1) is 6.95. The van der Waals surface area contributed by atoms with Crippen LogP contribution in [-0.4, -0.2) is 20.8 Å². The van der Waals surface area contributed by atoms with Crippen LogP contribution >= 0.6 is 11.8 Å². The zero-order valence-corrected chi connectivity index (χ0v) is 8.16. The van der Waals surface area contributed by atoms with Crippen LogP contribution in [0, 0.1) is 0 Å². The lowest BCUT2D eigenvalue weighted by Crippen LogP contribution is -2.09. The lowest BCUT2D eigenvalue weighted by Gasteiger charge is -2.02. The van der Waals surface area contributed by atoms with Gasteiger partial charge in [-0.25, -0.2) is 4.68 Å². The Kier molecular flexibility index (Phi) is 1.70. The molecule has 1 aliphatic rings. The number of aromatic nitrogens is 3. The molecule has 1 aliphatic heterocycles. The monoisotopic (exact) mass is 204 g/mol. The maximum Gasteiger partial charge on any atom is 0.212 e. The minimum atomic E-state index is 0.866. The van der Waals surface area contributed by atoms with E-state index in [0.717, 1.165) is 22.4 Å². The van der Waals surface area contributed by atoms with Crippen molar-refractivity contribution >= 4 is 11.8 Å². The Morgan fingerprint density at radius 1 is 1.21 bits per heavy atom. The van der Waals surface area contributed by atoms with Gasteiger partial charge in [-0.1, -0.05) is 42.1 Å². The van der Waals surface area contributed by atoms with Gasteiger partial charge in [0.1, 0.15) is 0 Å². The number of nitrogens with one attached hydrogen (secondary N) is 1. The molecule has 0 saturated carbocycles. The Balaban J connectivity index is 2.13. The smallest absolute Gasteiger partial charge is 0.212 e. The second kappa shape index (κ2) is 3.02. The van der Waals surface area contributed by atoms with Crippen molar-refractivity contribution in [2.45, 2.75) is 5.16 Å². The quantitative estimate of drug-likeness (QED) is 0.765. The summed E-state index contributed by atoms with van der Waals surface area (Å²) in [4.78, 5) is 0. The van der Waals surface area contributed by atoms with Crippen molar-refractivity contribution in [3.8, 4) is 11.4 Å². The summed E-state index contributed by atoms with van der Waals surface area (Å²) in [5.74, 6) is 1.75. The number of nitrogens with zero attached hydrogens (tertiary/aromatic N) is 3. The van der Waals surface area contributed by atoms with Gasteiger partial charge in [0.05, 0.1) is 5.88 Å². The van der Waals surface area contributed by atoms with Crippen LogP contribution in [-0.2, 0) is 0 Å². The third-order valence-electron chi connectivity index (χ3n) is 2.09. The third-order valence-corrected chi connectivity index (χ3v) is 2.89. The van der Waals surface area contributed by atoms with Crippen molar-refractivity contribution in [1.29, 1.82) is 0 Å². The summed E-state index contributed by atoms with van der Waals surface area (Å²) < 4.78 is 1.93. The van der Waals surface area contributed by atoms with E-state index in [-0.39, 0.29) is 0 Å². The van der Waals surface area contributed by atoms with Crippen LogP contribution in [0.25, 0.3) is 11.4 Å². The van der Waals surface area contributed by atoms with E-state index in [2.05, 4.69) is 15.6 Å². The predicted octanol–water partition coefficient (Wildman–Crippen LogP) is 1.55. The van der Waals surface area contributed by atoms with E-state index in [1.54, 1.807) is 11.8 Å². The van der Waals surface area contributed by atoms with Crippen LogP contribution in [0.2, 0.25) is 0 Å². The average Bonchev–Trinajstić information content (AvgIpc) is 2.79. The van der Waals surface area contributed by atoms with Crippen LogP contribution in [0.3, 0.4) is 0 Å². The first kappa shape index (κ1) is 7.87. The van der Waals surface area contributed by atoms with Crippen molar-refractivity contribution < 1.29 is 0 Å². The van der Waals surface area contributed by atoms with Gasteiger partial charge in [-0.15, -0.1) is 10.2 Å². The molecule has 0 fully saturated rings. The molecule has 1 N–H and O–H groups in total. The maximum absolute atomic E-state index is 4.14. The predicted molar refractivity (Wildman–Crippen MR) is 55.5 cm³/mol. The molecule has 0 unspecified atom stereocenters. The number of hydrogen-bond acceptors (Lipinski definition) is 4. The summed E-state index contributed by atoms with van der Waals surface area (Å²) in [6, 6.07) is 10.1. The fourth-order valence-corrected chi connectivity index (χ4v) is 2.14. The number of benzene rings is 1. The molecule has 1 aromatic carbocycles. The summed E-state index contributed by atoms with van der Waals surface area (Å²) in [5, 5.41) is 9.16. The van der Waals surface area contributed by atoms with E-state index in [9.17, 15) is 0 Å². The van der Waals surface area contributed by atoms with E-state index in [4.69, 9.17) is 0 Å². The topological polar surface area (TPSA) is 42.7 Å². The molecule has 2 aromatic rings. The molecule has 0 radical (unpaired) electrons. The van der Waals surface area contributed by atoms with Crippen molar-refractivity contribution in [3.05, 3.63) is 30.3 Å². The minimum Gasteiger partial charge on any atom is -0.312 e. The Labute approximate surface area is 85.3 Å². The molecular formula is C9H8N4S. The van der Waals surface area contributed by atoms with Crippen LogP contribution in [0.4, 0.5) is 0 Å². The lowest BCUT2D eigenvalue weighted by molar-refractivity contribution is 0.831. The van der Waals surface area contributed by atoms with Gasteiger partial charge in [0.25, 0.3) is 0 Å². The molecule has 0 amide bonds. The Bertz CT molecular complexity index is 451. The number of thioether (sulfide) groups is 1. The second-order valence-electron chi connectivity index (χ2n) is 2.95. The van der Waals surface area contributed by atoms with Crippen molar-refractivity contribution in [3.63, 3.8) is 0 Å². The Hall–Kier alpha value is -1.49. The molecular weight excluding hydrogens is 196 g/mol. The molecule has 0 spiro atoms. The first-order valence-electron chi connectivity index (χ1n) is 4.33. The largest absolute Gasteiger partial charge is 0.312 e. The van der Waals surface area contributed by atoms with E-state index < -0.39 is 0 Å². The minimum absolute atomic E-state index is 0.866. The normalized spacial score (nSPS) is 13.7. The Morgan fingerprint density at radius 3 is 2.93 bits per heavy atom. The van der Waals surface area contributed by atoms with E-state index in [0.29, 0.717) is 0 Å². The van der Waals surface area contributed by atoms with Crippen LogP contribution in [0.1, 0.15) is 0 Å². The fraction of sp³-hybridized carbons (Fsp3) is 0.111. The fourth-order valence-electron chi connectivity index (χ4n) is 1.44. The van der Waals surface area contributed by atoms with Gasteiger partial charge in [-0.3, -0.25) is 0 Å². The van der Waals surface area contributed by atoms with Crippen LogP contribution < -0.4 is 5.43 Å². The molecule has 0 aliphatic carbocycles. The van der Waals surface area contributed by atoms with E-state index in [1.165, 1.54) is 0 Å². The van der Waals surface area contributed by atoms with Gasteiger partial charge in [0.15, 0.2) is 5.82 Å². The van der Waals surface area contributed by atoms with Gasteiger partial charge in [0, 0.05) is 5.56 Å². The molecule has 0 bridgehead atoms. The highest BCUT2D eigenvalue weighted by molar-refractivity contribution is 7.99. The molecule has 3 rings (SSSR count). The number of rotatable bonds is 1. The molecule has 70 valence electrons. The lowest BCUT2D eigenvalue weighted by atomic mass is 10.2. The summed E-state index contributed by atoms with van der Waals surface area (Å²) in [6.45, 7) is 0. The van der Waals surface area contributed by atoms with Gasteiger partial charge >= 0.3 is 0 Å². The third kappa shape index (κ3) is 1.09. The van der Waals surface area contributed by atoms with Gasteiger partial charge in [0.2, 0.25) is 5.16 Å². The standard InChI is InChI=1S/C9H8N4S/c1-2-4-7(5-3-1)8-11-12-9-13(8)10-6-14-9/h1-5,10H,6H2. The Morgan fingerprint density at radius 2 is 2.07 bits per heavy atom. The molecule has 14 heavy (non-hydrogen) atoms.